The molecule has 2 aromatic rings. The molecule has 0 N–H and O–H groups in total. The summed E-state index contributed by atoms with van der Waals surface area (Å²) in [6.07, 6.45) is -0.325. The second kappa shape index (κ2) is 4.24. The van der Waals surface area contributed by atoms with Gasteiger partial charge >= 0.3 is 0 Å². The SMILES string of the molecule is O=[N+]([O-])c1cccc(C(F)F)c1-n1nccn1. The number of alkyl halides is 2. The molecular weight excluding hydrogens is 234 g/mol. The quantitative estimate of drug-likeness (QED) is 0.608. The Balaban J connectivity index is 2.71. The van der Waals surface area contributed by atoms with E-state index in [9.17, 15) is 18.9 Å². The highest BCUT2D eigenvalue weighted by atomic mass is 19.3. The standard InChI is InChI=1S/C9H6F2N4O2/c10-9(11)6-2-1-3-7(15(16)17)8(6)14-12-4-5-13-14/h1-5,9H. The summed E-state index contributed by atoms with van der Waals surface area (Å²) < 4.78 is 25.5. The van der Waals surface area contributed by atoms with Crippen LogP contribution in [0.3, 0.4) is 0 Å². The van der Waals surface area contributed by atoms with Gasteiger partial charge in [-0.05, 0) is 0 Å². The van der Waals surface area contributed by atoms with E-state index in [1.807, 2.05) is 0 Å². The summed E-state index contributed by atoms with van der Waals surface area (Å²) in [6.45, 7) is 0. The first-order valence-corrected chi connectivity index (χ1v) is 4.53. The van der Waals surface area contributed by atoms with Crippen LogP contribution >= 0.6 is 0 Å². The third-order valence-corrected chi connectivity index (χ3v) is 2.10. The summed E-state index contributed by atoms with van der Waals surface area (Å²) in [5.41, 5.74) is -1.24. The summed E-state index contributed by atoms with van der Waals surface area (Å²) in [7, 11) is 0. The number of para-hydroxylation sites is 1. The van der Waals surface area contributed by atoms with Crippen LogP contribution in [0, 0.1) is 10.1 Å². The van der Waals surface area contributed by atoms with Gasteiger partial charge < -0.3 is 0 Å². The van der Waals surface area contributed by atoms with Gasteiger partial charge in [-0.1, -0.05) is 12.1 Å². The zero-order valence-electron chi connectivity index (χ0n) is 8.33. The van der Waals surface area contributed by atoms with Crippen molar-refractivity contribution >= 4 is 5.69 Å². The Hall–Kier alpha value is -2.38. The Morgan fingerprint density at radius 3 is 2.47 bits per heavy atom. The average molecular weight is 240 g/mol. The number of hydrogen-bond acceptors (Lipinski definition) is 4. The highest BCUT2D eigenvalue weighted by molar-refractivity contribution is 5.56. The first-order chi connectivity index (χ1) is 8.11. The number of rotatable bonds is 3. The first-order valence-electron chi connectivity index (χ1n) is 4.53. The van der Waals surface area contributed by atoms with Crippen molar-refractivity contribution in [3.8, 4) is 5.69 Å². The fourth-order valence-electron chi connectivity index (χ4n) is 1.42. The van der Waals surface area contributed by atoms with Gasteiger partial charge in [-0.2, -0.15) is 10.2 Å². The van der Waals surface area contributed by atoms with Gasteiger partial charge in [-0.3, -0.25) is 10.1 Å². The second-order valence-corrected chi connectivity index (χ2v) is 3.09. The van der Waals surface area contributed by atoms with E-state index >= 15 is 0 Å². The summed E-state index contributed by atoms with van der Waals surface area (Å²) >= 11 is 0. The molecule has 1 heterocycles. The molecule has 0 radical (unpaired) electrons. The fraction of sp³-hybridized carbons (Fsp3) is 0.111. The van der Waals surface area contributed by atoms with Crippen molar-refractivity contribution in [1.82, 2.24) is 15.0 Å². The minimum Gasteiger partial charge on any atom is -0.258 e. The largest absolute Gasteiger partial charge is 0.297 e. The van der Waals surface area contributed by atoms with E-state index in [0.717, 1.165) is 16.9 Å². The molecule has 6 nitrogen and oxygen atoms in total. The molecule has 0 aliphatic heterocycles. The van der Waals surface area contributed by atoms with Crippen molar-refractivity contribution in [2.75, 3.05) is 0 Å². The van der Waals surface area contributed by atoms with Gasteiger partial charge in [-0.15, -0.1) is 4.80 Å². The Bertz CT molecular complexity index is 542. The molecule has 0 atom stereocenters. The number of nitro benzene ring substituents is 1. The molecule has 0 bridgehead atoms. The molecule has 1 aromatic heterocycles. The Labute approximate surface area is 93.6 Å². The van der Waals surface area contributed by atoms with Crippen LogP contribution in [0.4, 0.5) is 14.5 Å². The lowest BCUT2D eigenvalue weighted by molar-refractivity contribution is -0.384. The van der Waals surface area contributed by atoms with Crippen LogP contribution in [0.2, 0.25) is 0 Å². The van der Waals surface area contributed by atoms with Crippen LogP contribution in [0.5, 0.6) is 0 Å². The predicted octanol–water partition coefficient (Wildman–Crippen LogP) is 2.11. The summed E-state index contributed by atoms with van der Waals surface area (Å²) in [6, 6.07) is 3.44. The van der Waals surface area contributed by atoms with E-state index < -0.39 is 22.6 Å². The molecule has 0 unspecified atom stereocenters. The van der Waals surface area contributed by atoms with Gasteiger partial charge in [0, 0.05) is 6.07 Å². The molecule has 1 aromatic carbocycles. The predicted molar refractivity (Wildman–Crippen MR) is 53.0 cm³/mol. The van der Waals surface area contributed by atoms with Crippen LogP contribution in [0.1, 0.15) is 12.0 Å². The van der Waals surface area contributed by atoms with Gasteiger partial charge in [0.1, 0.15) is 0 Å². The highest BCUT2D eigenvalue weighted by Gasteiger charge is 2.24. The lowest BCUT2D eigenvalue weighted by Crippen LogP contribution is -2.07. The van der Waals surface area contributed by atoms with E-state index in [0.29, 0.717) is 0 Å². The van der Waals surface area contributed by atoms with Crippen LogP contribution in [0.25, 0.3) is 5.69 Å². The molecule has 0 saturated heterocycles. The topological polar surface area (TPSA) is 73.8 Å². The summed E-state index contributed by atoms with van der Waals surface area (Å²) in [5, 5.41) is 18.1. The molecule has 17 heavy (non-hydrogen) atoms. The number of benzene rings is 1. The number of nitrogens with zero attached hydrogens (tertiary/aromatic N) is 4. The van der Waals surface area contributed by atoms with Crippen molar-refractivity contribution in [1.29, 1.82) is 0 Å². The average Bonchev–Trinajstić information content (AvgIpc) is 2.80. The van der Waals surface area contributed by atoms with Gasteiger partial charge in [0.15, 0.2) is 5.69 Å². The number of halogens is 2. The van der Waals surface area contributed by atoms with Crippen molar-refractivity contribution in [2.45, 2.75) is 6.43 Å². The minimum absolute atomic E-state index is 0.308. The maximum Gasteiger partial charge on any atom is 0.297 e. The van der Waals surface area contributed by atoms with E-state index in [-0.39, 0.29) is 5.69 Å². The molecule has 88 valence electrons. The molecule has 0 aliphatic rings. The van der Waals surface area contributed by atoms with Gasteiger partial charge in [0.05, 0.1) is 22.9 Å². The third-order valence-electron chi connectivity index (χ3n) is 2.10. The molecule has 8 heteroatoms. The molecule has 0 fully saturated rings. The maximum atomic E-state index is 12.8. The van der Waals surface area contributed by atoms with Gasteiger partial charge in [0.25, 0.3) is 12.1 Å². The number of aromatic nitrogens is 3. The smallest absolute Gasteiger partial charge is 0.258 e. The number of hydrogen-bond donors (Lipinski definition) is 0. The van der Waals surface area contributed by atoms with Gasteiger partial charge in [0.2, 0.25) is 0 Å². The van der Waals surface area contributed by atoms with Crippen LogP contribution in [0.15, 0.2) is 30.6 Å². The van der Waals surface area contributed by atoms with Crippen LogP contribution in [-0.2, 0) is 0 Å². The van der Waals surface area contributed by atoms with Crippen molar-refractivity contribution < 1.29 is 13.7 Å². The maximum absolute atomic E-state index is 12.8. The van der Waals surface area contributed by atoms with Crippen molar-refractivity contribution in [3.05, 3.63) is 46.3 Å². The highest BCUT2D eigenvalue weighted by Crippen LogP contribution is 2.31. The van der Waals surface area contributed by atoms with Crippen LogP contribution in [-0.4, -0.2) is 19.9 Å². The lowest BCUT2D eigenvalue weighted by atomic mass is 10.1. The molecule has 0 saturated carbocycles. The van der Waals surface area contributed by atoms with E-state index in [1.165, 1.54) is 18.5 Å². The zero-order chi connectivity index (χ0) is 12.4. The van der Waals surface area contributed by atoms with E-state index in [2.05, 4.69) is 10.2 Å². The van der Waals surface area contributed by atoms with Crippen molar-refractivity contribution in [2.24, 2.45) is 0 Å². The Morgan fingerprint density at radius 1 is 1.29 bits per heavy atom. The Kier molecular flexibility index (Phi) is 2.77. The molecular formula is C9H6F2N4O2. The first kappa shape index (κ1) is 11.1. The summed E-state index contributed by atoms with van der Waals surface area (Å²) in [5.74, 6) is 0. The van der Waals surface area contributed by atoms with Crippen molar-refractivity contribution in [3.63, 3.8) is 0 Å². The molecule has 0 aliphatic carbocycles. The lowest BCUT2D eigenvalue weighted by Gasteiger charge is -2.07. The monoisotopic (exact) mass is 240 g/mol. The van der Waals surface area contributed by atoms with E-state index in [4.69, 9.17) is 0 Å². The summed E-state index contributed by atoms with van der Waals surface area (Å²) in [4.78, 5) is 10.9. The van der Waals surface area contributed by atoms with Crippen LogP contribution < -0.4 is 0 Å². The molecule has 2 rings (SSSR count). The fourth-order valence-corrected chi connectivity index (χ4v) is 1.42. The van der Waals surface area contributed by atoms with E-state index in [1.54, 1.807) is 0 Å². The second-order valence-electron chi connectivity index (χ2n) is 3.09. The molecule has 0 amide bonds. The third kappa shape index (κ3) is 1.96. The minimum atomic E-state index is -2.84. The van der Waals surface area contributed by atoms with Gasteiger partial charge in [-0.25, -0.2) is 8.78 Å². The molecule has 0 spiro atoms. The normalized spacial score (nSPS) is 10.8. The number of nitro groups is 1. The zero-order valence-corrected chi connectivity index (χ0v) is 8.33. The Morgan fingerprint density at radius 2 is 1.94 bits per heavy atom.